The number of likely N-dealkylation sites (tertiary alicyclic amines) is 1. The molecule has 0 unspecified atom stereocenters. The van der Waals surface area contributed by atoms with Crippen molar-refractivity contribution in [3.63, 3.8) is 0 Å². The molecule has 0 aromatic carbocycles. The maximum atomic E-state index is 11.9. The molecule has 4 heteroatoms. The molecule has 19 heavy (non-hydrogen) atoms. The molecule has 1 rings (SSSR count). The van der Waals surface area contributed by atoms with Crippen molar-refractivity contribution >= 4 is 6.09 Å². The molecule has 1 fully saturated rings. The highest BCUT2D eigenvalue weighted by Gasteiger charge is 2.26. The van der Waals surface area contributed by atoms with E-state index in [0.29, 0.717) is 5.92 Å². The van der Waals surface area contributed by atoms with Crippen LogP contribution in [0.1, 0.15) is 40.0 Å². The second-order valence-electron chi connectivity index (χ2n) is 6.19. The zero-order chi connectivity index (χ0) is 14.3. The van der Waals surface area contributed by atoms with Gasteiger partial charge in [0, 0.05) is 13.1 Å². The standard InChI is InChI=1S/C15H28N2O2/c1-5-6-9-16-12-13-7-10-17(11-8-13)14(18)19-15(2,3)4/h5,13,16H,1,6-12H2,2-4H3. The number of nitrogens with one attached hydrogen (secondary N) is 1. The quantitative estimate of drug-likeness (QED) is 0.616. The largest absolute Gasteiger partial charge is 0.444 e. The summed E-state index contributed by atoms with van der Waals surface area (Å²) < 4.78 is 5.39. The fourth-order valence-electron chi connectivity index (χ4n) is 2.16. The van der Waals surface area contributed by atoms with Crippen LogP contribution in [0.2, 0.25) is 0 Å². The van der Waals surface area contributed by atoms with Gasteiger partial charge >= 0.3 is 6.09 Å². The molecule has 0 aliphatic carbocycles. The van der Waals surface area contributed by atoms with E-state index >= 15 is 0 Å². The molecule has 0 aromatic rings. The molecule has 110 valence electrons. The Bertz CT molecular complexity index is 289. The Morgan fingerprint density at radius 3 is 2.58 bits per heavy atom. The first-order chi connectivity index (χ1) is 8.92. The summed E-state index contributed by atoms with van der Waals surface area (Å²) in [4.78, 5) is 13.7. The minimum absolute atomic E-state index is 0.175. The maximum absolute atomic E-state index is 11.9. The fourth-order valence-corrected chi connectivity index (χ4v) is 2.16. The lowest BCUT2D eigenvalue weighted by molar-refractivity contribution is 0.0184. The van der Waals surface area contributed by atoms with Crippen molar-refractivity contribution in [2.24, 2.45) is 5.92 Å². The van der Waals surface area contributed by atoms with E-state index in [-0.39, 0.29) is 6.09 Å². The number of carbonyl (C=O) groups is 1. The second kappa shape index (κ2) is 7.53. The average molecular weight is 268 g/mol. The van der Waals surface area contributed by atoms with Gasteiger partial charge in [-0.25, -0.2) is 4.79 Å². The Balaban J connectivity index is 2.21. The van der Waals surface area contributed by atoms with Crippen molar-refractivity contribution in [1.82, 2.24) is 10.2 Å². The first-order valence-corrected chi connectivity index (χ1v) is 7.22. The van der Waals surface area contributed by atoms with Crippen LogP contribution in [0.25, 0.3) is 0 Å². The number of rotatable bonds is 5. The molecule has 0 aromatic heterocycles. The Labute approximate surface area is 117 Å². The van der Waals surface area contributed by atoms with Gasteiger partial charge < -0.3 is 15.0 Å². The molecule has 0 saturated carbocycles. The third-order valence-electron chi connectivity index (χ3n) is 3.22. The van der Waals surface area contributed by atoms with E-state index in [2.05, 4.69) is 11.9 Å². The molecule has 1 N–H and O–H groups in total. The van der Waals surface area contributed by atoms with Gasteiger partial charge in [-0.15, -0.1) is 6.58 Å². The van der Waals surface area contributed by atoms with Crippen molar-refractivity contribution in [2.45, 2.75) is 45.6 Å². The van der Waals surface area contributed by atoms with E-state index in [1.807, 2.05) is 31.7 Å². The fraction of sp³-hybridized carbons (Fsp3) is 0.800. The molecule has 1 saturated heterocycles. The molecule has 0 bridgehead atoms. The number of ether oxygens (including phenoxy) is 1. The van der Waals surface area contributed by atoms with Crippen LogP contribution in [0.5, 0.6) is 0 Å². The first-order valence-electron chi connectivity index (χ1n) is 7.22. The van der Waals surface area contributed by atoms with Crippen molar-refractivity contribution in [3.8, 4) is 0 Å². The Morgan fingerprint density at radius 1 is 1.42 bits per heavy atom. The van der Waals surface area contributed by atoms with Crippen LogP contribution >= 0.6 is 0 Å². The Morgan fingerprint density at radius 2 is 2.05 bits per heavy atom. The zero-order valence-electron chi connectivity index (χ0n) is 12.6. The van der Waals surface area contributed by atoms with E-state index in [9.17, 15) is 4.79 Å². The van der Waals surface area contributed by atoms with Crippen LogP contribution in [0.4, 0.5) is 4.79 Å². The van der Waals surface area contributed by atoms with Crippen molar-refractivity contribution in [1.29, 1.82) is 0 Å². The van der Waals surface area contributed by atoms with E-state index in [1.165, 1.54) is 0 Å². The molecule has 1 aliphatic heterocycles. The highest BCUT2D eigenvalue weighted by molar-refractivity contribution is 5.68. The third-order valence-corrected chi connectivity index (χ3v) is 3.22. The number of hydrogen-bond donors (Lipinski definition) is 1. The van der Waals surface area contributed by atoms with E-state index in [4.69, 9.17) is 4.74 Å². The number of piperidine rings is 1. The van der Waals surface area contributed by atoms with Crippen molar-refractivity contribution in [2.75, 3.05) is 26.2 Å². The molecular formula is C15H28N2O2. The molecule has 0 radical (unpaired) electrons. The summed E-state index contributed by atoms with van der Waals surface area (Å²) in [6, 6.07) is 0. The van der Waals surface area contributed by atoms with E-state index in [0.717, 1.165) is 45.4 Å². The second-order valence-corrected chi connectivity index (χ2v) is 6.19. The molecule has 1 aliphatic rings. The molecule has 0 atom stereocenters. The Kier molecular flexibility index (Phi) is 6.35. The molecule has 1 amide bonds. The lowest BCUT2D eigenvalue weighted by Crippen LogP contribution is -2.43. The number of carbonyl (C=O) groups excluding carboxylic acids is 1. The number of nitrogens with zero attached hydrogens (tertiary/aromatic N) is 1. The van der Waals surface area contributed by atoms with Crippen LogP contribution in [0.15, 0.2) is 12.7 Å². The van der Waals surface area contributed by atoms with Crippen molar-refractivity contribution < 1.29 is 9.53 Å². The SMILES string of the molecule is C=CCCNCC1CCN(C(=O)OC(C)(C)C)CC1. The van der Waals surface area contributed by atoms with Gasteiger partial charge in [-0.2, -0.15) is 0 Å². The summed E-state index contributed by atoms with van der Waals surface area (Å²) >= 11 is 0. The molecule has 4 nitrogen and oxygen atoms in total. The summed E-state index contributed by atoms with van der Waals surface area (Å²) in [5, 5.41) is 3.43. The van der Waals surface area contributed by atoms with Gasteiger partial charge in [0.1, 0.15) is 5.60 Å². The highest BCUT2D eigenvalue weighted by atomic mass is 16.6. The van der Waals surface area contributed by atoms with Crippen LogP contribution in [-0.4, -0.2) is 42.8 Å². The van der Waals surface area contributed by atoms with E-state index < -0.39 is 5.60 Å². The van der Waals surface area contributed by atoms with Crippen LogP contribution in [0, 0.1) is 5.92 Å². The number of amides is 1. The summed E-state index contributed by atoms with van der Waals surface area (Å²) in [7, 11) is 0. The zero-order valence-corrected chi connectivity index (χ0v) is 12.6. The highest BCUT2D eigenvalue weighted by Crippen LogP contribution is 2.19. The minimum atomic E-state index is -0.403. The van der Waals surface area contributed by atoms with E-state index in [1.54, 1.807) is 0 Å². The van der Waals surface area contributed by atoms with Gasteiger partial charge in [-0.05, 0) is 59.0 Å². The first kappa shape index (κ1) is 16.0. The predicted molar refractivity (Wildman–Crippen MR) is 78.2 cm³/mol. The Hall–Kier alpha value is -1.03. The van der Waals surface area contributed by atoms with Crippen LogP contribution in [0.3, 0.4) is 0 Å². The average Bonchev–Trinajstić information content (AvgIpc) is 2.33. The van der Waals surface area contributed by atoms with Gasteiger partial charge in [0.15, 0.2) is 0 Å². The predicted octanol–water partition coefficient (Wildman–Crippen LogP) is 2.80. The van der Waals surface area contributed by atoms with Gasteiger partial charge in [-0.1, -0.05) is 6.08 Å². The van der Waals surface area contributed by atoms with Gasteiger partial charge in [0.05, 0.1) is 0 Å². The minimum Gasteiger partial charge on any atom is -0.444 e. The number of hydrogen-bond acceptors (Lipinski definition) is 3. The van der Waals surface area contributed by atoms with Gasteiger partial charge in [-0.3, -0.25) is 0 Å². The van der Waals surface area contributed by atoms with Gasteiger partial charge in [0.2, 0.25) is 0 Å². The normalized spacial score (nSPS) is 17.3. The van der Waals surface area contributed by atoms with Crippen molar-refractivity contribution in [3.05, 3.63) is 12.7 Å². The summed E-state index contributed by atoms with van der Waals surface area (Å²) in [5.74, 6) is 0.670. The molecule has 0 spiro atoms. The summed E-state index contributed by atoms with van der Waals surface area (Å²) in [6.07, 6.45) is 4.88. The van der Waals surface area contributed by atoms with Crippen LogP contribution in [-0.2, 0) is 4.74 Å². The van der Waals surface area contributed by atoms with Gasteiger partial charge in [0.25, 0.3) is 0 Å². The van der Waals surface area contributed by atoms with Crippen LogP contribution < -0.4 is 5.32 Å². The summed E-state index contributed by atoms with van der Waals surface area (Å²) in [5.41, 5.74) is -0.403. The topological polar surface area (TPSA) is 41.6 Å². The third kappa shape index (κ3) is 6.62. The summed E-state index contributed by atoms with van der Waals surface area (Å²) in [6.45, 7) is 13.1. The maximum Gasteiger partial charge on any atom is 0.410 e. The monoisotopic (exact) mass is 268 g/mol. The molecule has 1 heterocycles. The lowest BCUT2D eigenvalue weighted by Gasteiger charge is -2.33. The smallest absolute Gasteiger partial charge is 0.410 e. The molecular weight excluding hydrogens is 240 g/mol. The lowest BCUT2D eigenvalue weighted by atomic mass is 9.97.